The van der Waals surface area contributed by atoms with E-state index in [9.17, 15) is 0 Å². The number of rotatable bonds is 3. The van der Waals surface area contributed by atoms with Gasteiger partial charge in [0, 0.05) is 30.9 Å². The van der Waals surface area contributed by atoms with Crippen molar-refractivity contribution in [2.24, 2.45) is 0 Å². The Bertz CT molecular complexity index is 412. The Morgan fingerprint density at radius 1 is 1.28 bits per heavy atom. The number of aryl methyl sites for hydroxylation is 1. The van der Waals surface area contributed by atoms with Crippen molar-refractivity contribution >= 4 is 5.82 Å². The topological polar surface area (TPSA) is 41.0 Å². The molecule has 1 aromatic heterocycles. The minimum absolute atomic E-state index is 0.629. The minimum Gasteiger partial charge on any atom is -0.358 e. The van der Waals surface area contributed by atoms with Crippen molar-refractivity contribution in [1.29, 1.82) is 0 Å². The summed E-state index contributed by atoms with van der Waals surface area (Å²) in [5, 5.41) is 3.55. The molecule has 0 spiro atoms. The second-order valence-electron chi connectivity index (χ2n) is 5.50. The van der Waals surface area contributed by atoms with Crippen molar-refractivity contribution in [3.05, 3.63) is 17.6 Å². The van der Waals surface area contributed by atoms with Crippen molar-refractivity contribution in [2.45, 2.75) is 44.6 Å². The molecule has 1 saturated heterocycles. The molecule has 1 N–H and O–H groups in total. The summed E-state index contributed by atoms with van der Waals surface area (Å²) < 4.78 is 0. The average Bonchev–Trinajstić information content (AvgIpc) is 2.91. The van der Waals surface area contributed by atoms with Crippen LogP contribution in [-0.4, -0.2) is 36.1 Å². The van der Waals surface area contributed by atoms with Gasteiger partial charge in [0.25, 0.3) is 0 Å². The van der Waals surface area contributed by atoms with E-state index in [0.717, 1.165) is 25.2 Å². The number of hydrogen-bond acceptors (Lipinski definition) is 4. The highest BCUT2D eigenvalue weighted by molar-refractivity contribution is 5.49. The van der Waals surface area contributed by atoms with Gasteiger partial charge in [-0.05, 0) is 45.1 Å². The van der Waals surface area contributed by atoms with Gasteiger partial charge in [-0.25, -0.2) is 9.97 Å². The lowest BCUT2D eigenvalue weighted by atomic mass is 9.96. The third kappa shape index (κ3) is 2.34. The molecule has 2 aliphatic rings. The molecule has 0 saturated carbocycles. The normalized spacial score (nSPS) is 22.8. The highest BCUT2D eigenvalue weighted by Gasteiger charge is 2.21. The van der Waals surface area contributed by atoms with Gasteiger partial charge in [-0.15, -0.1) is 0 Å². The molecule has 1 atom stereocenters. The van der Waals surface area contributed by atoms with Crippen molar-refractivity contribution in [3.63, 3.8) is 0 Å². The Labute approximate surface area is 109 Å². The van der Waals surface area contributed by atoms with E-state index in [4.69, 9.17) is 0 Å². The molecule has 1 fully saturated rings. The first-order chi connectivity index (χ1) is 8.84. The van der Waals surface area contributed by atoms with Crippen LogP contribution in [0, 0.1) is 0 Å². The van der Waals surface area contributed by atoms with Gasteiger partial charge in [0.1, 0.15) is 12.1 Å². The maximum Gasteiger partial charge on any atom is 0.135 e. The Kier molecular flexibility index (Phi) is 3.46. The average molecular weight is 246 g/mol. The van der Waals surface area contributed by atoms with E-state index in [-0.39, 0.29) is 0 Å². The van der Waals surface area contributed by atoms with Gasteiger partial charge in [0.15, 0.2) is 0 Å². The summed E-state index contributed by atoms with van der Waals surface area (Å²) in [6.07, 6.45) is 9.16. The number of nitrogens with one attached hydrogen (secondary N) is 1. The molecule has 0 radical (unpaired) electrons. The van der Waals surface area contributed by atoms with Crippen molar-refractivity contribution < 1.29 is 0 Å². The van der Waals surface area contributed by atoms with Crippen LogP contribution >= 0.6 is 0 Å². The minimum atomic E-state index is 0.629. The van der Waals surface area contributed by atoms with Crippen LogP contribution in [0.3, 0.4) is 0 Å². The molecule has 0 aromatic carbocycles. The van der Waals surface area contributed by atoms with Crippen molar-refractivity contribution in [3.8, 4) is 0 Å². The van der Waals surface area contributed by atoms with Gasteiger partial charge in [0.05, 0.1) is 0 Å². The van der Waals surface area contributed by atoms with Crippen LogP contribution < -0.4 is 10.2 Å². The first-order valence-electron chi connectivity index (χ1n) is 7.12. The molecule has 2 heterocycles. The number of anilines is 1. The Morgan fingerprint density at radius 2 is 2.17 bits per heavy atom. The predicted molar refractivity (Wildman–Crippen MR) is 73.0 cm³/mol. The number of nitrogens with zero attached hydrogens (tertiary/aromatic N) is 3. The van der Waals surface area contributed by atoms with Crippen LogP contribution in [-0.2, 0) is 12.8 Å². The summed E-state index contributed by atoms with van der Waals surface area (Å²) in [6.45, 7) is 2.23. The standard InChI is InChI=1S/C14H22N4/c1-18(9-11-5-4-8-15-11)14-12-6-2-3-7-13(12)16-10-17-14/h10-11,15H,2-9H2,1H3. The summed E-state index contributed by atoms with van der Waals surface area (Å²) in [4.78, 5) is 11.3. The van der Waals surface area contributed by atoms with Gasteiger partial charge in [-0.3, -0.25) is 0 Å². The van der Waals surface area contributed by atoms with E-state index >= 15 is 0 Å². The first-order valence-corrected chi connectivity index (χ1v) is 7.12. The molecule has 4 heteroatoms. The molecule has 4 nitrogen and oxygen atoms in total. The van der Waals surface area contributed by atoms with Crippen LogP contribution in [0.5, 0.6) is 0 Å². The molecule has 1 unspecified atom stereocenters. The first kappa shape index (κ1) is 11.9. The Morgan fingerprint density at radius 3 is 3.00 bits per heavy atom. The van der Waals surface area contributed by atoms with Crippen molar-refractivity contribution in [1.82, 2.24) is 15.3 Å². The zero-order chi connectivity index (χ0) is 12.4. The van der Waals surface area contributed by atoms with Gasteiger partial charge in [-0.1, -0.05) is 0 Å². The lowest BCUT2D eigenvalue weighted by molar-refractivity contribution is 0.591. The summed E-state index contributed by atoms with van der Waals surface area (Å²) in [7, 11) is 2.16. The molecule has 3 rings (SSSR count). The Balaban J connectivity index is 1.78. The largest absolute Gasteiger partial charge is 0.358 e. The number of hydrogen-bond donors (Lipinski definition) is 1. The maximum absolute atomic E-state index is 4.52. The van der Waals surface area contributed by atoms with Crippen LogP contribution in [0.15, 0.2) is 6.33 Å². The molecular weight excluding hydrogens is 224 g/mol. The smallest absolute Gasteiger partial charge is 0.135 e. The summed E-state index contributed by atoms with van der Waals surface area (Å²) >= 11 is 0. The van der Waals surface area contributed by atoms with E-state index in [0.29, 0.717) is 6.04 Å². The zero-order valence-electron chi connectivity index (χ0n) is 11.2. The molecule has 1 aromatic rings. The van der Waals surface area contributed by atoms with Gasteiger partial charge in [0.2, 0.25) is 0 Å². The molecule has 18 heavy (non-hydrogen) atoms. The van der Waals surface area contributed by atoms with Crippen LogP contribution in [0.1, 0.15) is 36.9 Å². The van der Waals surface area contributed by atoms with Gasteiger partial charge >= 0.3 is 0 Å². The molecule has 0 amide bonds. The fourth-order valence-corrected chi connectivity index (χ4v) is 3.16. The fourth-order valence-electron chi connectivity index (χ4n) is 3.16. The van der Waals surface area contributed by atoms with E-state index in [1.54, 1.807) is 6.33 Å². The highest BCUT2D eigenvalue weighted by atomic mass is 15.2. The van der Waals surface area contributed by atoms with Gasteiger partial charge in [-0.2, -0.15) is 0 Å². The van der Waals surface area contributed by atoms with E-state index in [1.165, 1.54) is 43.5 Å². The second-order valence-corrected chi connectivity index (χ2v) is 5.50. The van der Waals surface area contributed by atoms with E-state index < -0.39 is 0 Å². The van der Waals surface area contributed by atoms with E-state index in [2.05, 4.69) is 27.2 Å². The van der Waals surface area contributed by atoms with E-state index in [1.807, 2.05) is 0 Å². The number of fused-ring (bicyclic) bond motifs is 1. The monoisotopic (exact) mass is 246 g/mol. The third-order valence-corrected chi connectivity index (χ3v) is 4.12. The molecule has 1 aliphatic carbocycles. The summed E-state index contributed by atoms with van der Waals surface area (Å²) in [6, 6.07) is 0.629. The molecular formula is C14H22N4. The van der Waals surface area contributed by atoms with Gasteiger partial charge < -0.3 is 10.2 Å². The summed E-state index contributed by atoms with van der Waals surface area (Å²) in [5.74, 6) is 1.16. The lowest BCUT2D eigenvalue weighted by Crippen LogP contribution is -2.36. The molecule has 0 bridgehead atoms. The number of likely N-dealkylation sites (N-methyl/N-ethyl adjacent to an activating group) is 1. The maximum atomic E-state index is 4.52. The quantitative estimate of drug-likeness (QED) is 0.878. The lowest BCUT2D eigenvalue weighted by Gasteiger charge is -2.26. The van der Waals surface area contributed by atoms with Crippen LogP contribution in [0.2, 0.25) is 0 Å². The summed E-state index contributed by atoms with van der Waals surface area (Å²) in [5.41, 5.74) is 2.67. The fraction of sp³-hybridized carbons (Fsp3) is 0.714. The van der Waals surface area contributed by atoms with Crippen molar-refractivity contribution in [2.75, 3.05) is 25.0 Å². The predicted octanol–water partition coefficient (Wildman–Crippen LogP) is 1.54. The van der Waals surface area contributed by atoms with Crippen LogP contribution in [0.25, 0.3) is 0 Å². The molecule has 1 aliphatic heterocycles. The van der Waals surface area contributed by atoms with Crippen LogP contribution in [0.4, 0.5) is 5.82 Å². The SMILES string of the molecule is CN(CC1CCCN1)c1ncnc2c1CCCC2. The molecule has 98 valence electrons. The second kappa shape index (κ2) is 5.22. The Hall–Kier alpha value is -1.16. The zero-order valence-corrected chi connectivity index (χ0v) is 11.2. The highest BCUT2D eigenvalue weighted by Crippen LogP contribution is 2.26. The third-order valence-electron chi connectivity index (χ3n) is 4.12. The number of aromatic nitrogens is 2.